The van der Waals surface area contributed by atoms with Gasteiger partial charge in [0.2, 0.25) is 5.91 Å². The molecule has 0 saturated carbocycles. The summed E-state index contributed by atoms with van der Waals surface area (Å²) >= 11 is 0. The molecule has 0 aliphatic carbocycles. The van der Waals surface area contributed by atoms with Gasteiger partial charge in [-0.25, -0.2) is 0 Å². The number of carbonyl (C=O) groups excluding carboxylic acids is 1. The Hall–Kier alpha value is -0.610. The normalized spacial score (nSPS) is 12.9. The third-order valence-corrected chi connectivity index (χ3v) is 1.90. The lowest BCUT2D eigenvalue weighted by Gasteiger charge is -2.17. The highest BCUT2D eigenvalue weighted by Gasteiger charge is 2.10. The van der Waals surface area contributed by atoms with E-state index < -0.39 is 0 Å². The van der Waals surface area contributed by atoms with E-state index in [9.17, 15) is 4.79 Å². The molecular formula is C10H22N2O2. The molecular weight excluding hydrogens is 180 g/mol. The van der Waals surface area contributed by atoms with Gasteiger partial charge >= 0.3 is 0 Å². The Morgan fingerprint density at radius 3 is 2.50 bits per heavy atom. The molecule has 14 heavy (non-hydrogen) atoms. The van der Waals surface area contributed by atoms with Crippen molar-refractivity contribution in [1.82, 2.24) is 10.6 Å². The monoisotopic (exact) mass is 202 g/mol. The molecule has 0 heterocycles. The van der Waals surface area contributed by atoms with Gasteiger partial charge in [0.05, 0.1) is 13.2 Å². The Morgan fingerprint density at radius 2 is 2.07 bits per heavy atom. The zero-order valence-electron chi connectivity index (χ0n) is 9.34. The molecule has 0 saturated heterocycles. The van der Waals surface area contributed by atoms with Crippen molar-refractivity contribution in [3.63, 3.8) is 0 Å². The molecule has 0 aliphatic heterocycles. The largest absolute Gasteiger partial charge is 0.395 e. The Balaban J connectivity index is 3.66. The van der Waals surface area contributed by atoms with E-state index in [-0.39, 0.29) is 25.1 Å². The van der Waals surface area contributed by atoms with Crippen molar-refractivity contribution in [1.29, 1.82) is 0 Å². The van der Waals surface area contributed by atoms with Crippen LogP contribution in [-0.4, -0.2) is 36.8 Å². The smallest absolute Gasteiger partial charge is 0.233 e. The SMILES string of the molecule is CCNC(=O)CNC(CO)CC(C)C. The van der Waals surface area contributed by atoms with Gasteiger partial charge in [0.15, 0.2) is 0 Å². The van der Waals surface area contributed by atoms with Crippen molar-refractivity contribution in [2.75, 3.05) is 19.7 Å². The number of amides is 1. The Labute approximate surface area is 86.1 Å². The van der Waals surface area contributed by atoms with E-state index in [2.05, 4.69) is 24.5 Å². The van der Waals surface area contributed by atoms with E-state index in [1.54, 1.807) is 0 Å². The van der Waals surface area contributed by atoms with Crippen LogP contribution in [-0.2, 0) is 4.79 Å². The number of hydrogen-bond acceptors (Lipinski definition) is 3. The summed E-state index contributed by atoms with van der Waals surface area (Å²) < 4.78 is 0. The summed E-state index contributed by atoms with van der Waals surface area (Å²) in [6, 6.07) is 0.0256. The highest BCUT2D eigenvalue weighted by atomic mass is 16.3. The molecule has 0 aromatic rings. The van der Waals surface area contributed by atoms with Gasteiger partial charge in [-0.15, -0.1) is 0 Å². The van der Waals surface area contributed by atoms with Crippen molar-refractivity contribution >= 4 is 5.91 Å². The molecule has 1 amide bonds. The van der Waals surface area contributed by atoms with Crippen LogP contribution in [0.15, 0.2) is 0 Å². The van der Waals surface area contributed by atoms with Crippen LogP contribution in [0.4, 0.5) is 0 Å². The highest BCUT2D eigenvalue weighted by molar-refractivity contribution is 5.77. The molecule has 3 N–H and O–H groups in total. The number of hydrogen-bond donors (Lipinski definition) is 3. The Kier molecular flexibility index (Phi) is 7.42. The number of aliphatic hydroxyl groups is 1. The van der Waals surface area contributed by atoms with E-state index in [0.29, 0.717) is 12.5 Å². The molecule has 4 heteroatoms. The molecule has 1 atom stereocenters. The molecule has 0 radical (unpaired) electrons. The van der Waals surface area contributed by atoms with Crippen molar-refractivity contribution in [3.05, 3.63) is 0 Å². The van der Waals surface area contributed by atoms with Gasteiger partial charge < -0.3 is 15.7 Å². The van der Waals surface area contributed by atoms with Gasteiger partial charge in [0.1, 0.15) is 0 Å². The van der Waals surface area contributed by atoms with E-state index in [1.165, 1.54) is 0 Å². The second-order valence-electron chi connectivity index (χ2n) is 3.84. The molecule has 1 unspecified atom stereocenters. The predicted octanol–water partition coefficient (Wildman–Crippen LogP) is 0.119. The standard InChI is InChI=1S/C10H22N2O2/c1-4-11-10(14)6-12-9(7-13)5-8(2)3/h8-9,12-13H,4-7H2,1-3H3,(H,11,14). The number of likely N-dealkylation sites (N-methyl/N-ethyl adjacent to an activating group) is 1. The van der Waals surface area contributed by atoms with Crippen LogP contribution >= 0.6 is 0 Å². The molecule has 0 fully saturated rings. The first kappa shape index (κ1) is 13.4. The average Bonchev–Trinajstić information content (AvgIpc) is 2.12. The average molecular weight is 202 g/mol. The van der Waals surface area contributed by atoms with Crippen LogP contribution in [0.5, 0.6) is 0 Å². The van der Waals surface area contributed by atoms with Gasteiger partial charge in [0, 0.05) is 12.6 Å². The number of nitrogens with one attached hydrogen (secondary N) is 2. The van der Waals surface area contributed by atoms with Crippen molar-refractivity contribution < 1.29 is 9.90 Å². The number of rotatable bonds is 7. The molecule has 0 aliphatic rings. The fourth-order valence-corrected chi connectivity index (χ4v) is 1.29. The first-order valence-electron chi connectivity index (χ1n) is 5.21. The summed E-state index contributed by atoms with van der Waals surface area (Å²) in [6.45, 7) is 7.08. The lowest BCUT2D eigenvalue weighted by atomic mass is 10.0. The second kappa shape index (κ2) is 7.76. The number of aliphatic hydroxyl groups excluding tert-OH is 1. The fraction of sp³-hybridized carbons (Fsp3) is 0.900. The lowest BCUT2D eigenvalue weighted by Crippen LogP contribution is -2.41. The minimum atomic E-state index is -0.0188. The summed E-state index contributed by atoms with van der Waals surface area (Å²) in [5.41, 5.74) is 0. The second-order valence-corrected chi connectivity index (χ2v) is 3.84. The maximum atomic E-state index is 11.1. The zero-order chi connectivity index (χ0) is 11.0. The summed E-state index contributed by atoms with van der Waals surface area (Å²) in [5, 5.41) is 14.7. The summed E-state index contributed by atoms with van der Waals surface area (Å²) in [5.74, 6) is 0.503. The first-order chi connectivity index (χ1) is 6.60. The van der Waals surface area contributed by atoms with Crippen LogP contribution < -0.4 is 10.6 Å². The maximum Gasteiger partial charge on any atom is 0.233 e. The van der Waals surface area contributed by atoms with Crippen LogP contribution in [0.3, 0.4) is 0 Å². The summed E-state index contributed by atoms with van der Waals surface area (Å²) in [7, 11) is 0. The van der Waals surface area contributed by atoms with E-state index >= 15 is 0 Å². The predicted molar refractivity (Wildman–Crippen MR) is 57.0 cm³/mol. The topological polar surface area (TPSA) is 61.4 Å². The third-order valence-electron chi connectivity index (χ3n) is 1.90. The van der Waals surface area contributed by atoms with Crippen molar-refractivity contribution in [2.24, 2.45) is 5.92 Å². The molecule has 0 spiro atoms. The van der Waals surface area contributed by atoms with Crippen LogP contribution in [0.25, 0.3) is 0 Å². The fourth-order valence-electron chi connectivity index (χ4n) is 1.29. The highest BCUT2D eigenvalue weighted by Crippen LogP contribution is 2.03. The first-order valence-corrected chi connectivity index (χ1v) is 5.21. The van der Waals surface area contributed by atoms with Crippen LogP contribution in [0.2, 0.25) is 0 Å². The quantitative estimate of drug-likeness (QED) is 0.549. The zero-order valence-corrected chi connectivity index (χ0v) is 9.34. The third kappa shape index (κ3) is 6.86. The van der Waals surface area contributed by atoms with Gasteiger partial charge in [-0.2, -0.15) is 0 Å². The minimum absolute atomic E-state index is 0.0188. The van der Waals surface area contributed by atoms with Crippen LogP contribution in [0.1, 0.15) is 27.2 Å². The summed E-state index contributed by atoms with van der Waals surface area (Å²) in [6.07, 6.45) is 0.885. The van der Waals surface area contributed by atoms with Gasteiger partial charge in [-0.3, -0.25) is 4.79 Å². The molecule has 0 aromatic heterocycles. The molecule has 0 aromatic carbocycles. The van der Waals surface area contributed by atoms with E-state index in [4.69, 9.17) is 5.11 Å². The molecule has 4 nitrogen and oxygen atoms in total. The van der Waals surface area contributed by atoms with Gasteiger partial charge in [-0.1, -0.05) is 13.8 Å². The molecule has 0 rings (SSSR count). The van der Waals surface area contributed by atoms with Crippen LogP contribution in [0, 0.1) is 5.92 Å². The maximum absolute atomic E-state index is 11.1. The number of carbonyl (C=O) groups is 1. The van der Waals surface area contributed by atoms with Crippen molar-refractivity contribution in [2.45, 2.75) is 33.2 Å². The minimum Gasteiger partial charge on any atom is -0.395 e. The molecule has 0 bridgehead atoms. The van der Waals surface area contributed by atoms with Gasteiger partial charge in [0.25, 0.3) is 0 Å². The Morgan fingerprint density at radius 1 is 1.43 bits per heavy atom. The summed E-state index contributed by atoms with van der Waals surface area (Å²) in [4.78, 5) is 11.1. The van der Waals surface area contributed by atoms with Crippen molar-refractivity contribution in [3.8, 4) is 0 Å². The van der Waals surface area contributed by atoms with E-state index in [1.807, 2.05) is 6.92 Å². The van der Waals surface area contributed by atoms with Gasteiger partial charge in [-0.05, 0) is 19.3 Å². The van der Waals surface area contributed by atoms with E-state index in [0.717, 1.165) is 6.42 Å². The lowest BCUT2D eigenvalue weighted by molar-refractivity contribution is -0.120. The Bertz CT molecular complexity index is 160. The molecule has 84 valence electrons.